The van der Waals surface area contributed by atoms with Gasteiger partial charge in [-0.25, -0.2) is 0 Å². The summed E-state index contributed by atoms with van der Waals surface area (Å²) in [5, 5.41) is 0. The monoisotopic (exact) mass is 128 g/mol. The predicted octanol–water partition coefficient (Wildman–Crippen LogP) is 0.889. The molecule has 2 nitrogen and oxygen atoms in total. The summed E-state index contributed by atoms with van der Waals surface area (Å²) in [6.45, 7) is 4.84. The maximum absolute atomic E-state index is 5.23. The normalized spacial score (nSPS) is 28.0. The van der Waals surface area contributed by atoms with E-state index in [1.807, 2.05) is 6.92 Å². The van der Waals surface area contributed by atoms with Crippen LogP contribution in [0.5, 0.6) is 0 Å². The Kier molecular flexibility index (Phi) is 2.49. The molecular weight excluding hydrogens is 114 g/mol. The Morgan fingerprint density at radius 1 is 1.78 bits per heavy atom. The molecule has 1 rings (SSSR count). The van der Waals surface area contributed by atoms with Crippen LogP contribution in [-0.4, -0.2) is 30.7 Å². The van der Waals surface area contributed by atoms with E-state index in [4.69, 9.17) is 4.74 Å². The summed E-state index contributed by atoms with van der Waals surface area (Å²) in [6, 6.07) is 0.602. The van der Waals surface area contributed by atoms with Crippen molar-refractivity contribution in [3.8, 4) is 0 Å². The summed E-state index contributed by atoms with van der Waals surface area (Å²) >= 11 is 0. The van der Waals surface area contributed by atoms with Crippen molar-refractivity contribution in [3.05, 3.63) is 7.05 Å². The minimum Gasteiger partial charge on any atom is -0.455 e. The quantitative estimate of drug-likeness (QED) is 0.523. The van der Waals surface area contributed by atoms with Crippen LogP contribution in [0.1, 0.15) is 13.3 Å². The summed E-state index contributed by atoms with van der Waals surface area (Å²) < 4.78 is 5.23. The highest BCUT2D eigenvalue weighted by molar-refractivity contribution is 4.81. The van der Waals surface area contributed by atoms with E-state index in [0.717, 1.165) is 19.8 Å². The van der Waals surface area contributed by atoms with Crippen molar-refractivity contribution in [2.24, 2.45) is 0 Å². The van der Waals surface area contributed by atoms with Crippen molar-refractivity contribution < 1.29 is 4.74 Å². The van der Waals surface area contributed by atoms with Crippen molar-refractivity contribution in [1.29, 1.82) is 0 Å². The van der Waals surface area contributed by atoms with Gasteiger partial charge < -0.3 is 9.64 Å². The van der Waals surface area contributed by atoms with Gasteiger partial charge in [-0.3, -0.25) is 7.05 Å². The maximum atomic E-state index is 5.23. The molecule has 9 heavy (non-hydrogen) atoms. The molecule has 2 heteroatoms. The second-order valence-corrected chi connectivity index (χ2v) is 2.41. The van der Waals surface area contributed by atoms with Gasteiger partial charge in [-0.2, -0.15) is 0 Å². The third kappa shape index (κ3) is 1.66. The first-order valence-electron chi connectivity index (χ1n) is 3.49. The molecule has 1 heterocycles. The summed E-state index contributed by atoms with van der Waals surface area (Å²) in [5.41, 5.74) is 0. The zero-order valence-corrected chi connectivity index (χ0v) is 5.97. The third-order valence-corrected chi connectivity index (χ3v) is 1.78. The highest BCUT2D eigenvalue weighted by Crippen LogP contribution is 2.14. The number of ether oxygens (including phenoxy) is 1. The Morgan fingerprint density at radius 3 is 2.89 bits per heavy atom. The van der Waals surface area contributed by atoms with Crippen LogP contribution >= 0.6 is 0 Å². The molecular formula is C7H14NO-. The average Bonchev–Trinajstić information content (AvgIpc) is 1.86. The van der Waals surface area contributed by atoms with E-state index in [0.29, 0.717) is 6.04 Å². The summed E-state index contributed by atoms with van der Waals surface area (Å²) in [7, 11) is 3.83. The predicted molar refractivity (Wildman–Crippen MR) is 37.0 cm³/mol. The van der Waals surface area contributed by atoms with Crippen molar-refractivity contribution in [1.82, 2.24) is 4.90 Å². The van der Waals surface area contributed by atoms with Crippen molar-refractivity contribution in [2.45, 2.75) is 19.4 Å². The van der Waals surface area contributed by atoms with Crippen LogP contribution in [0.25, 0.3) is 0 Å². The van der Waals surface area contributed by atoms with Gasteiger partial charge in [0.1, 0.15) is 0 Å². The van der Waals surface area contributed by atoms with Crippen LogP contribution in [0.15, 0.2) is 0 Å². The molecule has 0 amide bonds. The molecule has 0 aliphatic carbocycles. The molecule has 0 N–H and O–H groups in total. The van der Waals surface area contributed by atoms with Crippen molar-refractivity contribution in [3.63, 3.8) is 0 Å². The lowest BCUT2D eigenvalue weighted by atomic mass is 10.1. The van der Waals surface area contributed by atoms with Crippen LogP contribution < -0.4 is 0 Å². The van der Waals surface area contributed by atoms with E-state index >= 15 is 0 Å². The van der Waals surface area contributed by atoms with Crippen molar-refractivity contribution in [2.75, 3.05) is 19.8 Å². The Morgan fingerprint density at radius 2 is 2.56 bits per heavy atom. The van der Waals surface area contributed by atoms with Gasteiger partial charge in [0, 0.05) is 12.6 Å². The molecule has 0 bridgehead atoms. The third-order valence-electron chi connectivity index (χ3n) is 1.78. The molecule has 1 fully saturated rings. The molecule has 0 unspecified atom stereocenters. The van der Waals surface area contributed by atoms with Gasteiger partial charge >= 0.3 is 0 Å². The van der Waals surface area contributed by atoms with Gasteiger partial charge in [0.15, 0.2) is 0 Å². The molecule has 0 aromatic carbocycles. The molecule has 54 valence electrons. The van der Waals surface area contributed by atoms with Gasteiger partial charge in [-0.15, -0.1) is 0 Å². The molecule has 0 aromatic heterocycles. The van der Waals surface area contributed by atoms with E-state index in [1.165, 1.54) is 6.42 Å². The lowest BCUT2D eigenvalue weighted by Gasteiger charge is -2.44. The highest BCUT2D eigenvalue weighted by Gasteiger charge is 2.17. The van der Waals surface area contributed by atoms with E-state index in [1.54, 1.807) is 0 Å². The second kappa shape index (κ2) is 3.18. The van der Waals surface area contributed by atoms with Gasteiger partial charge in [-0.05, 0) is 19.9 Å². The first-order chi connectivity index (χ1) is 4.34. The molecule has 0 saturated carbocycles. The lowest BCUT2D eigenvalue weighted by Crippen LogP contribution is -2.45. The van der Waals surface area contributed by atoms with Crippen LogP contribution in [-0.2, 0) is 4.74 Å². The van der Waals surface area contributed by atoms with Crippen LogP contribution in [0.4, 0.5) is 0 Å². The number of likely N-dealkylation sites (tertiary alicyclic amines) is 1. The Balaban J connectivity index is 1.99. The van der Waals surface area contributed by atoms with E-state index in [9.17, 15) is 0 Å². The fraction of sp³-hybridized carbons (Fsp3) is 0.857. The number of rotatable bonds is 3. The molecule has 0 spiro atoms. The van der Waals surface area contributed by atoms with Gasteiger partial charge in [0.25, 0.3) is 0 Å². The first kappa shape index (κ1) is 7.03. The Hall–Kier alpha value is -0.0800. The van der Waals surface area contributed by atoms with E-state index < -0.39 is 0 Å². The van der Waals surface area contributed by atoms with Gasteiger partial charge in [0.05, 0.1) is 6.61 Å². The van der Waals surface area contributed by atoms with Crippen LogP contribution in [0.2, 0.25) is 0 Å². The van der Waals surface area contributed by atoms with Crippen LogP contribution in [0, 0.1) is 7.05 Å². The molecule has 1 saturated heterocycles. The van der Waals surface area contributed by atoms with Gasteiger partial charge in [0.2, 0.25) is 0 Å². The largest absolute Gasteiger partial charge is 0.455 e. The lowest BCUT2D eigenvalue weighted by molar-refractivity contribution is 0.0370. The molecule has 1 atom stereocenters. The Labute approximate surface area is 56.8 Å². The van der Waals surface area contributed by atoms with Gasteiger partial charge in [-0.1, -0.05) is 0 Å². The topological polar surface area (TPSA) is 12.5 Å². The zero-order valence-electron chi connectivity index (χ0n) is 5.97. The summed E-state index contributed by atoms with van der Waals surface area (Å²) in [4.78, 5) is 2.08. The number of nitrogens with zero attached hydrogens (tertiary/aromatic N) is 1. The molecule has 1 aliphatic rings. The second-order valence-electron chi connectivity index (χ2n) is 2.41. The minimum absolute atomic E-state index is 0.602. The molecule has 0 radical (unpaired) electrons. The zero-order chi connectivity index (χ0) is 6.69. The smallest absolute Gasteiger partial charge is 0.0598 e. The van der Waals surface area contributed by atoms with E-state index in [2.05, 4.69) is 11.9 Å². The molecule has 0 aromatic rings. The first-order valence-corrected chi connectivity index (χ1v) is 3.49. The van der Waals surface area contributed by atoms with Crippen molar-refractivity contribution >= 4 is 0 Å². The molecule has 1 aliphatic heterocycles. The summed E-state index contributed by atoms with van der Waals surface area (Å²) in [5.74, 6) is 0. The maximum Gasteiger partial charge on any atom is 0.0598 e. The number of hydrogen-bond acceptors (Lipinski definition) is 2. The Bertz CT molecular complexity index is 85.0. The summed E-state index contributed by atoms with van der Waals surface area (Å²) in [6.07, 6.45) is 1.25. The minimum atomic E-state index is 0.602. The fourth-order valence-electron chi connectivity index (χ4n) is 0.937. The standard InChI is InChI=1S/C7H14NO/c1-3-9-6-7-4-5-8(7)2/h7H,2-6H2,1H3/q-1/t7-/m0/s1. The average molecular weight is 128 g/mol. The van der Waals surface area contributed by atoms with E-state index in [-0.39, 0.29) is 0 Å². The highest BCUT2D eigenvalue weighted by atomic mass is 16.5. The number of hydrogen-bond donors (Lipinski definition) is 0. The fourth-order valence-corrected chi connectivity index (χ4v) is 0.937. The SMILES string of the molecule is [CH2-]N1CC[C@H]1COCC. The van der Waals surface area contributed by atoms with Crippen LogP contribution in [0.3, 0.4) is 0 Å².